The molecular formula is C9H20N4. The van der Waals surface area contributed by atoms with Gasteiger partial charge in [-0.3, -0.25) is 20.4 Å². The SMILES string of the molecule is CC1NC(C)N2CC(C)N(C)C2N1. The Bertz CT molecular complexity index is 196. The highest BCUT2D eigenvalue weighted by atomic mass is 15.6. The fourth-order valence-electron chi connectivity index (χ4n) is 2.32. The number of hydrogen-bond acceptors (Lipinski definition) is 4. The van der Waals surface area contributed by atoms with E-state index in [4.69, 9.17) is 0 Å². The molecule has 0 spiro atoms. The molecule has 0 aliphatic carbocycles. The van der Waals surface area contributed by atoms with Gasteiger partial charge in [0.15, 0.2) is 0 Å². The van der Waals surface area contributed by atoms with Crippen molar-refractivity contribution in [2.45, 2.75) is 45.4 Å². The molecule has 4 nitrogen and oxygen atoms in total. The van der Waals surface area contributed by atoms with Crippen LogP contribution in [0.15, 0.2) is 0 Å². The van der Waals surface area contributed by atoms with E-state index in [1.807, 2.05) is 0 Å². The molecule has 13 heavy (non-hydrogen) atoms. The minimum atomic E-state index is 0.406. The molecule has 0 amide bonds. The first-order chi connectivity index (χ1) is 6.09. The van der Waals surface area contributed by atoms with Crippen LogP contribution in [0.3, 0.4) is 0 Å². The van der Waals surface area contributed by atoms with E-state index in [2.05, 4.69) is 48.3 Å². The number of rotatable bonds is 0. The standard InChI is InChI=1S/C9H20N4/c1-6-5-13-8(3)10-7(2)11-9(13)12(6)4/h6-11H,5H2,1-4H3. The third-order valence-corrected chi connectivity index (χ3v) is 3.26. The molecule has 2 heterocycles. The minimum absolute atomic E-state index is 0.406. The van der Waals surface area contributed by atoms with Crippen molar-refractivity contribution in [1.29, 1.82) is 0 Å². The van der Waals surface area contributed by atoms with Crippen LogP contribution in [-0.4, -0.2) is 48.1 Å². The Morgan fingerprint density at radius 2 is 1.85 bits per heavy atom. The van der Waals surface area contributed by atoms with Gasteiger partial charge in [-0.15, -0.1) is 0 Å². The maximum absolute atomic E-state index is 3.53. The Morgan fingerprint density at radius 1 is 1.15 bits per heavy atom. The summed E-state index contributed by atoms with van der Waals surface area (Å²) in [6.45, 7) is 7.83. The Hall–Kier alpha value is -0.160. The van der Waals surface area contributed by atoms with Crippen LogP contribution in [0.4, 0.5) is 0 Å². The van der Waals surface area contributed by atoms with Gasteiger partial charge in [0.25, 0.3) is 0 Å². The highest BCUT2D eigenvalue weighted by molar-refractivity contribution is 4.91. The highest BCUT2D eigenvalue weighted by Crippen LogP contribution is 2.21. The van der Waals surface area contributed by atoms with Crippen LogP contribution in [0.1, 0.15) is 20.8 Å². The van der Waals surface area contributed by atoms with E-state index in [0.717, 1.165) is 6.54 Å². The van der Waals surface area contributed by atoms with E-state index in [9.17, 15) is 0 Å². The van der Waals surface area contributed by atoms with Gasteiger partial charge in [-0.05, 0) is 27.8 Å². The average molecular weight is 184 g/mol. The van der Waals surface area contributed by atoms with E-state index in [0.29, 0.717) is 24.7 Å². The summed E-state index contributed by atoms with van der Waals surface area (Å²) in [5, 5.41) is 7.01. The van der Waals surface area contributed by atoms with E-state index in [1.165, 1.54) is 0 Å². The smallest absolute Gasteiger partial charge is 0.119 e. The molecule has 2 fully saturated rings. The molecule has 0 radical (unpaired) electrons. The Morgan fingerprint density at radius 3 is 2.54 bits per heavy atom. The molecule has 0 aromatic heterocycles. The van der Waals surface area contributed by atoms with Crippen LogP contribution >= 0.6 is 0 Å². The van der Waals surface area contributed by atoms with Gasteiger partial charge in [-0.2, -0.15) is 0 Å². The zero-order valence-electron chi connectivity index (χ0n) is 8.91. The summed E-state index contributed by atoms with van der Waals surface area (Å²) in [4.78, 5) is 4.86. The second-order valence-electron chi connectivity index (χ2n) is 4.32. The molecule has 2 N–H and O–H groups in total. The Kier molecular flexibility index (Phi) is 2.32. The lowest BCUT2D eigenvalue weighted by Gasteiger charge is -2.42. The third-order valence-electron chi connectivity index (χ3n) is 3.26. The van der Waals surface area contributed by atoms with E-state index >= 15 is 0 Å². The number of likely N-dealkylation sites (N-methyl/N-ethyl adjacent to an activating group) is 1. The number of nitrogens with zero attached hydrogens (tertiary/aromatic N) is 2. The van der Waals surface area contributed by atoms with Crippen LogP contribution < -0.4 is 10.6 Å². The van der Waals surface area contributed by atoms with Gasteiger partial charge in [-0.25, -0.2) is 0 Å². The van der Waals surface area contributed by atoms with Crippen molar-refractivity contribution in [3.63, 3.8) is 0 Å². The molecule has 0 saturated carbocycles. The topological polar surface area (TPSA) is 30.5 Å². The van der Waals surface area contributed by atoms with E-state index in [1.54, 1.807) is 0 Å². The summed E-state index contributed by atoms with van der Waals surface area (Å²) in [6.07, 6.45) is 1.30. The maximum Gasteiger partial charge on any atom is 0.119 e. The summed E-state index contributed by atoms with van der Waals surface area (Å²) in [5.74, 6) is 0. The first-order valence-corrected chi connectivity index (χ1v) is 5.09. The predicted octanol–water partition coefficient (Wildman–Crippen LogP) is -0.209. The van der Waals surface area contributed by atoms with Crippen molar-refractivity contribution in [3.8, 4) is 0 Å². The molecule has 2 aliphatic heterocycles. The average Bonchev–Trinajstić information content (AvgIpc) is 2.32. The summed E-state index contributed by atoms with van der Waals surface area (Å²) >= 11 is 0. The zero-order chi connectivity index (χ0) is 9.59. The first-order valence-electron chi connectivity index (χ1n) is 5.09. The monoisotopic (exact) mass is 184 g/mol. The van der Waals surface area contributed by atoms with Crippen molar-refractivity contribution in [2.24, 2.45) is 0 Å². The molecule has 2 aliphatic rings. The van der Waals surface area contributed by atoms with Gasteiger partial charge in [0.1, 0.15) is 6.29 Å². The summed E-state index contributed by atoms with van der Waals surface area (Å²) in [6, 6.07) is 0.645. The fourth-order valence-corrected chi connectivity index (χ4v) is 2.32. The van der Waals surface area contributed by atoms with Crippen LogP contribution in [-0.2, 0) is 0 Å². The molecule has 4 heteroatoms. The lowest BCUT2D eigenvalue weighted by Crippen LogP contribution is -2.67. The Labute approximate surface area is 80.3 Å². The second-order valence-corrected chi connectivity index (χ2v) is 4.32. The number of fused-ring (bicyclic) bond motifs is 1. The Balaban J connectivity index is 2.12. The molecule has 4 unspecified atom stereocenters. The second kappa shape index (κ2) is 3.20. The summed E-state index contributed by atoms with van der Waals surface area (Å²) < 4.78 is 0. The van der Waals surface area contributed by atoms with Crippen molar-refractivity contribution in [3.05, 3.63) is 0 Å². The van der Waals surface area contributed by atoms with E-state index in [-0.39, 0.29) is 0 Å². The van der Waals surface area contributed by atoms with Gasteiger partial charge in [-0.1, -0.05) is 0 Å². The van der Waals surface area contributed by atoms with Crippen LogP contribution in [0.2, 0.25) is 0 Å². The summed E-state index contributed by atoms with van der Waals surface area (Å²) in [7, 11) is 2.19. The predicted molar refractivity (Wildman–Crippen MR) is 52.9 cm³/mol. The quantitative estimate of drug-likeness (QED) is 0.545. The van der Waals surface area contributed by atoms with Gasteiger partial charge in [0, 0.05) is 12.6 Å². The van der Waals surface area contributed by atoms with E-state index < -0.39 is 0 Å². The van der Waals surface area contributed by atoms with Crippen LogP contribution in [0, 0.1) is 0 Å². The molecule has 2 saturated heterocycles. The molecule has 0 aromatic rings. The molecule has 0 aromatic carbocycles. The van der Waals surface area contributed by atoms with Gasteiger partial charge >= 0.3 is 0 Å². The normalized spacial score (nSPS) is 48.0. The van der Waals surface area contributed by atoms with Gasteiger partial charge in [0.05, 0.1) is 12.3 Å². The molecule has 2 rings (SSSR count). The van der Waals surface area contributed by atoms with Crippen molar-refractivity contribution in [1.82, 2.24) is 20.4 Å². The first kappa shape index (κ1) is 9.40. The lowest BCUT2D eigenvalue weighted by atomic mass is 10.3. The maximum atomic E-state index is 3.53. The van der Waals surface area contributed by atoms with Gasteiger partial charge < -0.3 is 0 Å². The van der Waals surface area contributed by atoms with Gasteiger partial charge in [0.2, 0.25) is 0 Å². The van der Waals surface area contributed by atoms with Crippen LogP contribution in [0.25, 0.3) is 0 Å². The summed E-state index contributed by atoms with van der Waals surface area (Å²) in [5.41, 5.74) is 0. The number of nitrogens with one attached hydrogen (secondary N) is 2. The number of hydrogen-bond donors (Lipinski definition) is 2. The third kappa shape index (κ3) is 1.48. The molecule has 4 atom stereocenters. The lowest BCUT2D eigenvalue weighted by molar-refractivity contribution is 0.0129. The molecular weight excluding hydrogens is 164 g/mol. The van der Waals surface area contributed by atoms with Crippen molar-refractivity contribution < 1.29 is 0 Å². The van der Waals surface area contributed by atoms with Crippen molar-refractivity contribution in [2.75, 3.05) is 13.6 Å². The minimum Gasteiger partial charge on any atom is -0.287 e. The highest BCUT2D eigenvalue weighted by Gasteiger charge is 2.40. The largest absolute Gasteiger partial charge is 0.287 e. The molecule has 0 bridgehead atoms. The fraction of sp³-hybridized carbons (Fsp3) is 1.00. The molecule has 76 valence electrons. The van der Waals surface area contributed by atoms with Crippen molar-refractivity contribution >= 4 is 0 Å². The zero-order valence-corrected chi connectivity index (χ0v) is 8.91. The van der Waals surface area contributed by atoms with Crippen LogP contribution in [0.5, 0.6) is 0 Å².